The molecule has 1 fully saturated rings. The van der Waals surface area contributed by atoms with Crippen LogP contribution in [0.2, 0.25) is 18.1 Å². The molecule has 0 spiro atoms. The van der Waals surface area contributed by atoms with Gasteiger partial charge in [-0.3, -0.25) is 0 Å². The van der Waals surface area contributed by atoms with Gasteiger partial charge in [0.25, 0.3) is 0 Å². The molecule has 164 valence electrons. The van der Waals surface area contributed by atoms with E-state index in [4.69, 9.17) is 9.16 Å². The van der Waals surface area contributed by atoms with Gasteiger partial charge in [-0.2, -0.15) is 0 Å². The van der Waals surface area contributed by atoms with Crippen LogP contribution in [0.1, 0.15) is 41.5 Å². The Kier molecular flexibility index (Phi) is 6.84. The molecule has 1 aliphatic heterocycles. The lowest BCUT2D eigenvalue weighted by Gasteiger charge is -2.40. The van der Waals surface area contributed by atoms with Crippen molar-refractivity contribution in [2.24, 2.45) is 0 Å². The van der Waals surface area contributed by atoms with Gasteiger partial charge in [-0.1, -0.05) is 20.8 Å². The molecule has 2 heterocycles. The Morgan fingerprint density at radius 1 is 1.10 bits per heavy atom. The summed E-state index contributed by atoms with van der Waals surface area (Å²) >= 11 is 0. The molecule has 1 aromatic rings. The van der Waals surface area contributed by atoms with Crippen molar-refractivity contribution in [1.82, 2.24) is 14.9 Å². The third kappa shape index (κ3) is 6.57. The second-order valence-electron chi connectivity index (χ2n) is 10.1. The molecule has 9 heteroatoms. The Morgan fingerprint density at radius 2 is 1.69 bits per heavy atom. The Bertz CT molecular complexity index is 698. The van der Waals surface area contributed by atoms with Crippen LogP contribution in [0.3, 0.4) is 0 Å². The molecular weight excluding hydrogens is 388 g/mol. The quantitative estimate of drug-likeness (QED) is 0.741. The average molecular weight is 425 g/mol. The normalized spacial score (nSPS) is 19.1. The fourth-order valence-electron chi connectivity index (χ4n) is 2.79. The van der Waals surface area contributed by atoms with Gasteiger partial charge in [0.15, 0.2) is 14.1 Å². The molecule has 1 aliphatic rings. The first-order chi connectivity index (χ1) is 13.2. The van der Waals surface area contributed by atoms with Crippen LogP contribution >= 0.6 is 0 Å². The zero-order chi connectivity index (χ0) is 22.0. The average Bonchev–Trinajstić information content (AvgIpc) is 2.75. The monoisotopic (exact) mass is 424 g/mol. The predicted octanol–water partition coefficient (Wildman–Crippen LogP) is 3.63. The lowest BCUT2D eigenvalue weighted by molar-refractivity contribution is 0.0195. The number of aromatic nitrogens is 2. The van der Waals surface area contributed by atoms with Gasteiger partial charge >= 0.3 is 6.09 Å². The van der Waals surface area contributed by atoms with Crippen LogP contribution in [-0.2, 0) is 9.16 Å². The summed E-state index contributed by atoms with van der Waals surface area (Å²) in [4.78, 5) is 24.9. The van der Waals surface area contributed by atoms with Crippen LogP contribution in [-0.4, -0.2) is 72.3 Å². The summed E-state index contributed by atoms with van der Waals surface area (Å²) in [5.41, 5.74) is -0.557. The predicted molar refractivity (Wildman–Crippen MR) is 116 cm³/mol. The SMILES string of the molecule is CC(C)(C)OC(=O)N1CCN(c2ncc(O)cn2)CC(O[Si](C)(C)C(C)(C)C)C1. The summed E-state index contributed by atoms with van der Waals surface area (Å²) in [5.74, 6) is 0.533. The van der Waals surface area contributed by atoms with Crippen molar-refractivity contribution in [3.63, 3.8) is 0 Å². The molecule has 8 nitrogen and oxygen atoms in total. The molecule has 1 amide bonds. The molecule has 2 rings (SSSR count). The van der Waals surface area contributed by atoms with Crippen molar-refractivity contribution in [1.29, 1.82) is 0 Å². The maximum absolute atomic E-state index is 12.7. The zero-order valence-corrected chi connectivity index (χ0v) is 20.0. The number of hydrogen-bond acceptors (Lipinski definition) is 7. The molecule has 0 saturated carbocycles. The highest BCUT2D eigenvalue weighted by Gasteiger charge is 2.41. The van der Waals surface area contributed by atoms with Gasteiger partial charge in [-0.05, 0) is 38.9 Å². The zero-order valence-electron chi connectivity index (χ0n) is 19.0. The lowest BCUT2D eigenvalue weighted by atomic mass is 10.2. The van der Waals surface area contributed by atoms with E-state index in [1.165, 1.54) is 12.4 Å². The van der Waals surface area contributed by atoms with Gasteiger partial charge in [0.2, 0.25) is 5.95 Å². The number of nitrogens with zero attached hydrogens (tertiary/aromatic N) is 4. The molecular formula is C20H36N4O4Si. The van der Waals surface area contributed by atoms with Crippen LogP contribution in [0.4, 0.5) is 10.7 Å². The fourth-order valence-corrected chi connectivity index (χ4v) is 4.13. The van der Waals surface area contributed by atoms with Crippen molar-refractivity contribution < 1.29 is 19.1 Å². The largest absolute Gasteiger partial charge is 0.505 e. The third-order valence-electron chi connectivity index (χ3n) is 5.31. The minimum Gasteiger partial charge on any atom is -0.505 e. The molecule has 29 heavy (non-hydrogen) atoms. The number of amides is 1. The van der Waals surface area contributed by atoms with Crippen LogP contribution in [0.5, 0.6) is 5.75 Å². The highest BCUT2D eigenvalue weighted by atomic mass is 28.4. The van der Waals surface area contributed by atoms with Crippen molar-refractivity contribution in [2.75, 3.05) is 31.1 Å². The smallest absolute Gasteiger partial charge is 0.410 e. The van der Waals surface area contributed by atoms with Crippen LogP contribution in [0, 0.1) is 0 Å². The van der Waals surface area contributed by atoms with E-state index < -0.39 is 13.9 Å². The molecule has 1 saturated heterocycles. The Morgan fingerprint density at radius 3 is 2.21 bits per heavy atom. The second-order valence-corrected chi connectivity index (χ2v) is 14.9. The van der Waals surface area contributed by atoms with Crippen molar-refractivity contribution >= 4 is 20.4 Å². The van der Waals surface area contributed by atoms with Crippen LogP contribution in [0.15, 0.2) is 12.4 Å². The van der Waals surface area contributed by atoms with Crippen molar-refractivity contribution in [2.45, 2.75) is 71.4 Å². The summed E-state index contributed by atoms with van der Waals surface area (Å²) in [5, 5.41) is 9.55. The number of rotatable bonds is 3. The summed E-state index contributed by atoms with van der Waals surface area (Å²) in [6.07, 6.45) is 2.23. The maximum Gasteiger partial charge on any atom is 0.410 e. The molecule has 0 aliphatic carbocycles. The van der Waals surface area contributed by atoms with E-state index in [2.05, 4.69) is 43.8 Å². The molecule has 0 radical (unpaired) electrons. The fraction of sp³-hybridized carbons (Fsp3) is 0.750. The number of hydrogen-bond donors (Lipinski definition) is 1. The van der Waals surface area contributed by atoms with E-state index >= 15 is 0 Å². The molecule has 1 N–H and O–H groups in total. The van der Waals surface area contributed by atoms with E-state index in [0.29, 0.717) is 32.1 Å². The summed E-state index contributed by atoms with van der Waals surface area (Å²) in [7, 11) is -2.05. The highest BCUT2D eigenvalue weighted by Crippen LogP contribution is 2.37. The highest BCUT2D eigenvalue weighted by molar-refractivity contribution is 6.74. The second kappa shape index (κ2) is 8.47. The van der Waals surface area contributed by atoms with E-state index in [-0.39, 0.29) is 23.0 Å². The van der Waals surface area contributed by atoms with E-state index in [1.807, 2.05) is 25.7 Å². The minimum atomic E-state index is -2.05. The topological polar surface area (TPSA) is 88.0 Å². The van der Waals surface area contributed by atoms with Gasteiger partial charge in [-0.15, -0.1) is 0 Å². The standard InChI is InChI=1S/C20H36N4O4Si/c1-19(2,3)27-18(26)24-10-9-23(17-21-11-15(25)12-22-17)13-16(14-24)28-29(7,8)20(4,5)6/h11-12,16,25H,9-10,13-14H2,1-8H3. The molecule has 1 atom stereocenters. The number of ether oxygens (including phenoxy) is 1. The molecule has 1 aromatic heterocycles. The summed E-state index contributed by atoms with van der Waals surface area (Å²) in [6.45, 7) is 18.7. The minimum absolute atomic E-state index is 0.0213. The summed E-state index contributed by atoms with van der Waals surface area (Å²) in [6, 6.07) is 0. The number of aromatic hydroxyl groups is 1. The Labute approximate surface area is 175 Å². The van der Waals surface area contributed by atoms with Gasteiger partial charge in [0.05, 0.1) is 25.0 Å². The molecule has 1 unspecified atom stereocenters. The Balaban J connectivity index is 2.26. The van der Waals surface area contributed by atoms with Crippen LogP contribution in [0.25, 0.3) is 0 Å². The van der Waals surface area contributed by atoms with Gasteiger partial charge in [0, 0.05) is 19.6 Å². The number of carbonyl (C=O) groups is 1. The Hall–Kier alpha value is -1.87. The summed E-state index contributed by atoms with van der Waals surface area (Å²) < 4.78 is 12.2. The molecule has 0 bridgehead atoms. The first-order valence-electron chi connectivity index (χ1n) is 10.1. The van der Waals surface area contributed by atoms with E-state index in [9.17, 15) is 9.90 Å². The van der Waals surface area contributed by atoms with Crippen molar-refractivity contribution in [3.8, 4) is 5.75 Å². The third-order valence-corrected chi connectivity index (χ3v) is 9.85. The van der Waals surface area contributed by atoms with Gasteiger partial charge < -0.3 is 24.1 Å². The molecule has 0 aromatic carbocycles. The first-order valence-corrected chi connectivity index (χ1v) is 13.0. The van der Waals surface area contributed by atoms with E-state index in [0.717, 1.165) is 0 Å². The van der Waals surface area contributed by atoms with E-state index in [1.54, 1.807) is 4.90 Å². The lowest BCUT2D eigenvalue weighted by Crippen LogP contribution is -2.49. The number of carbonyl (C=O) groups excluding carboxylic acids is 1. The maximum atomic E-state index is 12.7. The first kappa shape index (κ1) is 23.4. The number of anilines is 1. The van der Waals surface area contributed by atoms with Gasteiger partial charge in [-0.25, -0.2) is 14.8 Å². The van der Waals surface area contributed by atoms with Gasteiger partial charge in [0.1, 0.15) is 5.60 Å². The van der Waals surface area contributed by atoms with Crippen LogP contribution < -0.4 is 4.90 Å². The van der Waals surface area contributed by atoms with Crippen molar-refractivity contribution in [3.05, 3.63) is 12.4 Å².